The van der Waals surface area contributed by atoms with Crippen LogP contribution in [-0.2, 0) is 6.42 Å². The van der Waals surface area contributed by atoms with Crippen LogP contribution in [0.2, 0.25) is 0 Å². The van der Waals surface area contributed by atoms with Crippen LogP contribution in [0.4, 0.5) is 0 Å². The molecule has 1 aliphatic heterocycles. The third-order valence-corrected chi connectivity index (χ3v) is 4.01. The normalized spacial score (nSPS) is 17.0. The van der Waals surface area contributed by atoms with E-state index in [1.54, 1.807) is 7.11 Å². The van der Waals surface area contributed by atoms with Gasteiger partial charge in [-0.2, -0.15) is 0 Å². The maximum absolute atomic E-state index is 5.72. The summed E-state index contributed by atoms with van der Waals surface area (Å²) >= 11 is 0. The Bertz CT molecular complexity index is 653. The van der Waals surface area contributed by atoms with E-state index in [0.29, 0.717) is 6.61 Å². The predicted octanol–water partition coefficient (Wildman–Crippen LogP) is 3.03. The molecule has 0 aliphatic carbocycles. The van der Waals surface area contributed by atoms with Gasteiger partial charge in [-0.1, -0.05) is 6.07 Å². The van der Waals surface area contributed by atoms with Crippen molar-refractivity contribution in [2.45, 2.75) is 26.3 Å². The minimum absolute atomic E-state index is 0.106. The Morgan fingerprint density at radius 1 is 1.27 bits per heavy atom. The highest BCUT2D eigenvalue weighted by Gasteiger charge is 2.24. The molecule has 1 atom stereocenters. The van der Waals surface area contributed by atoms with E-state index >= 15 is 0 Å². The summed E-state index contributed by atoms with van der Waals surface area (Å²) in [7, 11) is 1.68. The van der Waals surface area contributed by atoms with Crippen molar-refractivity contribution in [3.05, 3.63) is 52.8 Å². The molecule has 2 heterocycles. The van der Waals surface area contributed by atoms with Crippen molar-refractivity contribution >= 4 is 0 Å². The standard InChI is InChI=1S/C18H22N2O2/c1-4-22-17-10-14-13(9-16(17)21-3)7-8-19-18(14)15-6-5-12(2)11-20-15/h5-6,9-11,18-19H,4,7-8H2,1-3H3. The molecule has 0 saturated heterocycles. The van der Waals surface area contributed by atoms with Crippen LogP contribution in [0.5, 0.6) is 11.5 Å². The zero-order chi connectivity index (χ0) is 15.5. The molecule has 4 nitrogen and oxygen atoms in total. The van der Waals surface area contributed by atoms with E-state index in [4.69, 9.17) is 9.47 Å². The number of ether oxygens (including phenoxy) is 2. The van der Waals surface area contributed by atoms with E-state index in [1.807, 2.05) is 13.1 Å². The van der Waals surface area contributed by atoms with Gasteiger partial charge in [0, 0.05) is 12.7 Å². The van der Waals surface area contributed by atoms with Crippen LogP contribution in [0.25, 0.3) is 0 Å². The Morgan fingerprint density at radius 2 is 2.14 bits per heavy atom. The summed E-state index contributed by atoms with van der Waals surface area (Å²) in [6.07, 6.45) is 2.90. The number of aromatic nitrogens is 1. The van der Waals surface area contributed by atoms with Gasteiger partial charge >= 0.3 is 0 Å². The van der Waals surface area contributed by atoms with Crippen molar-refractivity contribution in [3.8, 4) is 11.5 Å². The van der Waals surface area contributed by atoms with E-state index in [9.17, 15) is 0 Å². The Morgan fingerprint density at radius 3 is 2.82 bits per heavy atom. The van der Waals surface area contributed by atoms with Gasteiger partial charge in [-0.15, -0.1) is 0 Å². The third kappa shape index (κ3) is 2.79. The van der Waals surface area contributed by atoms with Gasteiger partial charge in [0.25, 0.3) is 0 Å². The largest absolute Gasteiger partial charge is 0.493 e. The van der Waals surface area contributed by atoms with Crippen LogP contribution in [0.15, 0.2) is 30.5 Å². The first-order valence-corrected chi connectivity index (χ1v) is 7.72. The first kappa shape index (κ1) is 14.9. The summed E-state index contributed by atoms with van der Waals surface area (Å²) in [5.74, 6) is 1.60. The van der Waals surface area contributed by atoms with Crippen molar-refractivity contribution < 1.29 is 9.47 Å². The second-order valence-electron chi connectivity index (χ2n) is 5.53. The molecule has 3 rings (SSSR count). The van der Waals surface area contributed by atoms with Gasteiger partial charge in [0.2, 0.25) is 0 Å². The van der Waals surface area contributed by atoms with Crippen molar-refractivity contribution in [1.82, 2.24) is 10.3 Å². The van der Waals surface area contributed by atoms with Crippen LogP contribution in [0, 0.1) is 6.92 Å². The fraction of sp³-hybridized carbons (Fsp3) is 0.389. The quantitative estimate of drug-likeness (QED) is 0.942. The molecule has 0 radical (unpaired) electrons. The maximum atomic E-state index is 5.72. The van der Waals surface area contributed by atoms with Gasteiger partial charge in [0.05, 0.1) is 25.5 Å². The van der Waals surface area contributed by atoms with Crippen molar-refractivity contribution in [3.63, 3.8) is 0 Å². The fourth-order valence-corrected chi connectivity index (χ4v) is 2.91. The number of benzene rings is 1. The summed E-state index contributed by atoms with van der Waals surface area (Å²) < 4.78 is 11.2. The molecular formula is C18H22N2O2. The molecule has 0 saturated carbocycles. The molecule has 116 valence electrons. The number of nitrogens with zero attached hydrogens (tertiary/aromatic N) is 1. The zero-order valence-corrected chi connectivity index (χ0v) is 13.3. The number of hydrogen-bond donors (Lipinski definition) is 1. The van der Waals surface area contributed by atoms with Gasteiger partial charge in [-0.3, -0.25) is 4.98 Å². The molecule has 4 heteroatoms. The second kappa shape index (κ2) is 6.36. The van der Waals surface area contributed by atoms with Crippen LogP contribution in [0.3, 0.4) is 0 Å². The Hall–Kier alpha value is -2.07. The average molecular weight is 298 g/mol. The molecule has 1 aromatic carbocycles. The van der Waals surface area contributed by atoms with E-state index in [-0.39, 0.29) is 6.04 Å². The summed E-state index contributed by atoms with van der Waals surface area (Å²) in [5.41, 5.74) is 4.74. The highest BCUT2D eigenvalue weighted by atomic mass is 16.5. The molecule has 1 aromatic heterocycles. The van der Waals surface area contributed by atoms with E-state index in [2.05, 4.69) is 41.5 Å². The molecular weight excluding hydrogens is 276 g/mol. The summed E-state index contributed by atoms with van der Waals surface area (Å²) in [4.78, 5) is 4.58. The number of methoxy groups -OCH3 is 1. The lowest BCUT2D eigenvalue weighted by Crippen LogP contribution is -2.31. The number of pyridine rings is 1. The lowest BCUT2D eigenvalue weighted by atomic mass is 9.91. The minimum atomic E-state index is 0.106. The van der Waals surface area contributed by atoms with Crippen LogP contribution in [-0.4, -0.2) is 25.2 Å². The van der Waals surface area contributed by atoms with Gasteiger partial charge in [0.1, 0.15) is 0 Å². The van der Waals surface area contributed by atoms with Gasteiger partial charge in [0.15, 0.2) is 11.5 Å². The Labute approximate surface area is 131 Å². The molecule has 1 aliphatic rings. The molecule has 1 N–H and O–H groups in total. The molecule has 0 bridgehead atoms. The van der Waals surface area contributed by atoms with Crippen LogP contribution < -0.4 is 14.8 Å². The minimum Gasteiger partial charge on any atom is -0.493 e. The first-order valence-electron chi connectivity index (χ1n) is 7.72. The highest BCUT2D eigenvalue weighted by Crippen LogP contribution is 2.37. The predicted molar refractivity (Wildman–Crippen MR) is 86.7 cm³/mol. The molecule has 0 spiro atoms. The summed E-state index contributed by atoms with van der Waals surface area (Å²) in [6, 6.07) is 8.49. The van der Waals surface area contributed by atoms with Crippen molar-refractivity contribution in [2.75, 3.05) is 20.3 Å². The Balaban J connectivity index is 2.04. The number of aryl methyl sites for hydroxylation is 1. The maximum Gasteiger partial charge on any atom is 0.161 e. The van der Waals surface area contributed by atoms with E-state index in [0.717, 1.165) is 30.2 Å². The van der Waals surface area contributed by atoms with E-state index < -0.39 is 0 Å². The molecule has 22 heavy (non-hydrogen) atoms. The fourth-order valence-electron chi connectivity index (χ4n) is 2.91. The number of rotatable bonds is 4. The molecule has 0 amide bonds. The van der Waals surface area contributed by atoms with Crippen LogP contribution in [0.1, 0.15) is 35.3 Å². The second-order valence-corrected chi connectivity index (χ2v) is 5.53. The zero-order valence-electron chi connectivity index (χ0n) is 13.3. The molecule has 2 aromatic rings. The summed E-state index contributed by atoms with van der Waals surface area (Å²) in [5, 5.41) is 3.56. The average Bonchev–Trinajstić information content (AvgIpc) is 2.55. The summed E-state index contributed by atoms with van der Waals surface area (Å²) in [6.45, 7) is 5.59. The number of nitrogens with one attached hydrogen (secondary N) is 1. The monoisotopic (exact) mass is 298 g/mol. The van der Waals surface area contributed by atoms with Crippen LogP contribution >= 0.6 is 0 Å². The number of hydrogen-bond acceptors (Lipinski definition) is 4. The lowest BCUT2D eigenvalue weighted by molar-refractivity contribution is 0.309. The first-order chi connectivity index (χ1) is 10.7. The lowest BCUT2D eigenvalue weighted by Gasteiger charge is -2.28. The van der Waals surface area contributed by atoms with Crippen molar-refractivity contribution in [2.24, 2.45) is 0 Å². The van der Waals surface area contributed by atoms with Gasteiger partial charge < -0.3 is 14.8 Å². The van der Waals surface area contributed by atoms with Gasteiger partial charge in [-0.25, -0.2) is 0 Å². The molecule has 0 fully saturated rings. The van der Waals surface area contributed by atoms with Crippen molar-refractivity contribution in [1.29, 1.82) is 0 Å². The topological polar surface area (TPSA) is 43.4 Å². The van der Waals surface area contributed by atoms with E-state index in [1.165, 1.54) is 16.7 Å². The molecule has 1 unspecified atom stereocenters. The third-order valence-electron chi connectivity index (χ3n) is 4.01. The smallest absolute Gasteiger partial charge is 0.161 e. The highest BCUT2D eigenvalue weighted by molar-refractivity contribution is 5.51. The number of fused-ring (bicyclic) bond motifs is 1. The SMILES string of the molecule is CCOc1cc2c(cc1OC)CCNC2c1ccc(C)cn1. The van der Waals surface area contributed by atoms with Gasteiger partial charge in [-0.05, 0) is 55.2 Å². The Kier molecular flexibility index (Phi) is 4.29.